The van der Waals surface area contributed by atoms with Crippen LogP contribution in [0.2, 0.25) is 0 Å². The Balaban J connectivity index is 1.06. The maximum atomic E-state index is 13.2. The van der Waals surface area contributed by atoms with E-state index in [1.54, 1.807) is 0 Å². The van der Waals surface area contributed by atoms with Crippen molar-refractivity contribution in [3.05, 3.63) is 0 Å². The summed E-state index contributed by atoms with van der Waals surface area (Å²) in [4.78, 5) is 75.5. The molecule has 0 aromatic rings. The Morgan fingerprint density at radius 1 is 0.303 bits per heavy atom. The first-order valence-electron chi connectivity index (χ1n) is 37.8. The van der Waals surface area contributed by atoms with Crippen molar-refractivity contribution in [3.8, 4) is 0 Å². The molecule has 9 saturated heterocycles. The predicted octanol–water partition coefficient (Wildman–Crippen LogP) is -21.0. The molecule has 0 bridgehead atoms. The summed E-state index contributed by atoms with van der Waals surface area (Å²) in [5, 5.41) is 280. The van der Waals surface area contributed by atoms with Crippen molar-refractivity contribution in [2.75, 3.05) is 59.5 Å². The van der Waals surface area contributed by atoms with Crippen molar-refractivity contribution >= 4 is 35.8 Å². The average Bonchev–Trinajstić information content (AvgIpc) is 0.772. The minimum absolute atomic E-state index is 0.258. The van der Waals surface area contributed by atoms with Gasteiger partial charge in [0.1, 0.15) is 226 Å². The normalized spacial score (nSPS) is 46.9. The number of hydrogen-bond acceptors (Lipinski definition) is 48. The van der Waals surface area contributed by atoms with Gasteiger partial charge in [0.2, 0.25) is 29.5 Å². The number of nitrogens with one attached hydrogen (secondary N) is 5. The summed E-state index contributed by atoms with van der Waals surface area (Å²) in [6.07, 6.45) is -86.2. The van der Waals surface area contributed by atoms with Crippen molar-refractivity contribution in [1.82, 2.24) is 26.6 Å². The number of hydrogen-bond donors (Lipinski definition) is 30. The standard InChI is InChI=1S/C66H110N6O47/c1-16(82)68-31-40(92)51(25(11-78)104-58(31)72-20(6-73)5-30(67)86)113-59-32(69-17(2)83)41(93)54(28(14-81)109-59)116-64-50(102)55(117-66-57(47(99)38(90)24(10-77)108-66)119-61-34(71-19(4)85)43(95)53(27(13-80)111-61)115-63-49(101)45(97)36(88)22(8-75)106-63)39(91)29(112-64)15-103-65-56(46(98)37(89)23(9-76)107-65)118-60-33(70-18(3)84)42(94)52(26(12-79)110-60)114-62-48(100)44(96)35(87)21(7-74)105-62/h6,20-29,31-66,72,74-81,87-102H,5,7-15H2,1-4H3,(H2,67,86)(H,68,82)(H,69,83)(H,70,84)(H,71,85)/t20-,21?,22?,23?,24?,25?,26?,27?,28?,29?,31?,32?,33?,34?,35-,36-,37-,38-,39-,40?,41?,42?,43?,44?,45?,46?,47?,48?,49?,50?,51-,52+,53-,54-,55?,56?,57?,58+,59-,60+,61-,62-,63?,64-,65+,66-/m0/s1. The summed E-state index contributed by atoms with van der Waals surface area (Å²) in [6.45, 7) is -6.25. The number of aliphatic hydroxyl groups is 24. The summed E-state index contributed by atoms with van der Waals surface area (Å²) in [6, 6.07) is -8.90. The molecule has 0 aromatic heterocycles. The Kier molecular flexibility index (Phi) is 35.9. The highest BCUT2D eigenvalue weighted by Gasteiger charge is 2.61. The van der Waals surface area contributed by atoms with Gasteiger partial charge in [0.05, 0.1) is 71.5 Å². The number of ether oxygens (including phenoxy) is 17. The largest absolute Gasteiger partial charge is 0.394 e. The van der Waals surface area contributed by atoms with Gasteiger partial charge in [-0.3, -0.25) is 29.3 Å². The van der Waals surface area contributed by atoms with Gasteiger partial charge in [0.15, 0.2) is 50.3 Å². The fourth-order valence-electron chi connectivity index (χ4n) is 15.2. The van der Waals surface area contributed by atoms with Crippen LogP contribution >= 0.6 is 0 Å². The molecule has 9 fully saturated rings. The van der Waals surface area contributed by atoms with Crippen molar-refractivity contribution in [3.63, 3.8) is 0 Å². The second kappa shape index (κ2) is 43.5. The van der Waals surface area contributed by atoms with Crippen LogP contribution in [0.4, 0.5) is 0 Å². The predicted molar refractivity (Wildman–Crippen MR) is 368 cm³/mol. The zero-order chi connectivity index (χ0) is 87.8. The number of amides is 5. The molecule has 0 aliphatic carbocycles. The molecular weight excluding hydrogens is 1630 g/mol. The zero-order valence-corrected chi connectivity index (χ0v) is 63.9. The maximum Gasteiger partial charge on any atom is 0.219 e. The number of rotatable bonds is 34. The minimum Gasteiger partial charge on any atom is -0.394 e. The molecule has 0 saturated carbocycles. The summed E-state index contributed by atoms with van der Waals surface area (Å²) in [5.74, 6) is -4.68. The third-order valence-electron chi connectivity index (χ3n) is 21.4. The molecular formula is C66H110N6O47. The number of primary amides is 1. The lowest BCUT2D eigenvalue weighted by Gasteiger charge is -2.51. The molecule has 53 nitrogen and oxygen atoms in total. The number of carbonyl (C=O) groups excluding carboxylic acids is 6. The highest BCUT2D eigenvalue weighted by atomic mass is 16.8. The van der Waals surface area contributed by atoms with Gasteiger partial charge in [-0.1, -0.05) is 0 Å². The minimum atomic E-state index is -2.61. The molecule has 31 N–H and O–H groups in total. The van der Waals surface area contributed by atoms with Crippen LogP contribution in [0.15, 0.2) is 0 Å². The fourth-order valence-corrected chi connectivity index (χ4v) is 15.2. The molecule has 119 heavy (non-hydrogen) atoms. The Labute approximate surface area is 673 Å². The summed E-state index contributed by atoms with van der Waals surface area (Å²) >= 11 is 0. The van der Waals surface area contributed by atoms with Crippen LogP contribution in [-0.4, -0.2) is 500 Å². The topological polar surface area (TPSA) is 831 Å². The van der Waals surface area contributed by atoms with E-state index in [1.165, 1.54) is 0 Å². The van der Waals surface area contributed by atoms with E-state index < -0.39 is 378 Å². The van der Waals surface area contributed by atoms with Gasteiger partial charge in [-0.05, 0) is 0 Å². The van der Waals surface area contributed by atoms with E-state index >= 15 is 0 Å². The van der Waals surface area contributed by atoms with Crippen LogP contribution in [0.25, 0.3) is 0 Å². The second-order valence-electron chi connectivity index (χ2n) is 29.8. The van der Waals surface area contributed by atoms with Crippen LogP contribution < -0.4 is 32.3 Å². The van der Waals surface area contributed by atoms with Crippen LogP contribution in [0, 0.1) is 0 Å². The number of nitrogens with two attached hydrogens (primary N) is 1. The molecule has 9 rings (SSSR count). The molecule has 46 atom stereocenters. The average molecular weight is 1740 g/mol. The summed E-state index contributed by atoms with van der Waals surface area (Å²) < 4.78 is 102. The molecule has 0 aromatic carbocycles. The lowest BCUT2D eigenvalue weighted by atomic mass is 9.93. The van der Waals surface area contributed by atoms with E-state index in [2.05, 4.69) is 26.6 Å². The number of aliphatic hydroxyl groups excluding tert-OH is 24. The van der Waals surface area contributed by atoms with E-state index in [-0.39, 0.29) is 6.29 Å². The molecule has 9 aliphatic rings. The van der Waals surface area contributed by atoms with Crippen molar-refractivity contribution in [2.24, 2.45) is 5.73 Å². The molecule has 5 amide bonds. The van der Waals surface area contributed by atoms with Gasteiger partial charge in [0.25, 0.3) is 0 Å². The summed E-state index contributed by atoms with van der Waals surface area (Å²) in [7, 11) is 0. The first-order chi connectivity index (χ1) is 56.3. The Bertz CT molecular complexity index is 3230. The Hall–Kier alpha value is -4.66. The van der Waals surface area contributed by atoms with Crippen LogP contribution in [0.3, 0.4) is 0 Å². The van der Waals surface area contributed by atoms with E-state index in [9.17, 15) is 151 Å². The Morgan fingerprint density at radius 2 is 0.580 bits per heavy atom. The van der Waals surface area contributed by atoms with Crippen LogP contribution in [0.5, 0.6) is 0 Å². The van der Waals surface area contributed by atoms with Gasteiger partial charge < -0.3 is 235 Å². The van der Waals surface area contributed by atoms with E-state index in [4.69, 9.17) is 86.3 Å². The zero-order valence-electron chi connectivity index (χ0n) is 63.9. The summed E-state index contributed by atoms with van der Waals surface area (Å²) in [5.41, 5.74) is 5.30. The van der Waals surface area contributed by atoms with Gasteiger partial charge in [0, 0.05) is 34.1 Å². The van der Waals surface area contributed by atoms with Crippen LogP contribution in [-0.2, 0) is 109 Å². The molecule has 53 heteroatoms. The lowest BCUT2D eigenvalue weighted by molar-refractivity contribution is -0.398. The van der Waals surface area contributed by atoms with E-state index in [1.807, 2.05) is 0 Å². The van der Waals surface area contributed by atoms with Gasteiger partial charge >= 0.3 is 0 Å². The number of carbonyl (C=O) groups is 6. The third kappa shape index (κ3) is 22.4. The van der Waals surface area contributed by atoms with Crippen molar-refractivity contribution in [1.29, 1.82) is 0 Å². The van der Waals surface area contributed by atoms with E-state index in [0.29, 0.717) is 0 Å². The SMILES string of the molecule is CC(=O)NC1C(O)[C@H](O[C@@H]2OC(CO)[C@H](O)C(O)C2O)C(CO)O[C@@H]1OC1C(O)[C@@H](O)C(CO)O[C@H]1OCC1O[C@@H](O[C@H]2C(CO)O[C@@H](O[C@H]3C(CO)O[C@@H](N[C@H](C=O)CC(N)=O)C(NC(C)=O)C3O)C(NC(C)=O)C2O)C(O)C(O[C@@H]2OC(CO)[C@H](O)C(O)C2O[C@@H]2OC(CO)[C@H](OC3OC(CO)[C@H](O)C(O)C3O)C(O)C2NC(C)=O)[C@H]1O. The first kappa shape index (κ1) is 98.1. The fraction of sp³-hybridized carbons (Fsp3) is 0.909. The van der Waals surface area contributed by atoms with Crippen molar-refractivity contribution in [2.45, 2.75) is 316 Å². The van der Waals surface area contributed by atoms with Gasteiger partial charge in [-0.2, -0.15) is 0 Å². The molecule has 9 heterocycles. The smallest absolute Gasteiger partial charge is 0.219 e. The number of aldehydes is 1. The quantitative estimate of drug-likeness (QED) is 0.0266. The van der Waals surface area contributed by atoms with E-state index in [0.717, 1.165) is 27.7 Å². The second-order valence-corrected chi connectivity index (χ2v) is 29.8. The maximum absolute atomic E-state index is 13.2. The van der Waals surface area contributed by atoms with Crippen LogP contribution in [0.1, 0.15) is 34.1 Å². The highest BCUT2D eigenvalue weighted by molar-refractivity contribution is 5.79. The van der Waals surface area contributed by atoms with Crippen molar-refractivity contribution < 1.29 is 232 Å². The highest BCUT2D eigenvalue weighted by Crippen LogP contribution is 2.40. The first-order valence-corrected chi connectivity index (χ1v) is 37.8. The molecule has 0 spiro atoms. The molecule has 0 radical (unpaired) electrons. The molecule has 686 valence electrons. The molecule has 9 aliphatic heterocycles. The van der Waals surface area contributed by atoms with Gasteiger partial charge in [-0.15, -0.1) is 0 Å². The third-order valence-corrected chi connectivity index (χ3v) is 21.4. The molecule has 28 unspecified atom stereocenters. The monoisotopic (exact) mass is 1740 g/mol. The van der Waals surface area contributed by atoms with Gasteiger partial charge in [-0.25, -0.2) is 0 Å². The Morgan fingerprint density at radius 3 is 0.933 bits per heavy atom. The lowest BCUT2D eigenvalue weighted by Crippen LogP contribution is -2.72.